The van der Waals surface area contributed by atoms with Gasteiger partial charge >= 0.3 is 0 Å². The van der Waals surface area contributed by atoms with Gasteiger partial charge in [0.2, 0.25) is 11.8 Å². The molecule has 18 heavy (non-hydrogen) atoms. The molecule has 2 rings (SSSR count). The molecule has 1 saturated heterocycles. The van der Waals surface area contributed by atoms with Crippen LogP contribution in [0.4, 0.5) is 0 Å². The molecule has 1 aromatic carbocycles. The molecule has 96 valence electrons. The van der Waals surface area contributed by atoms with E-state index in [1.54, 1.807) is 0 Å². The predicted molar refractivity (Wildman–Crippen MR) is 65.3 cm³/mol. The highest BCUT2D eigenvalue weighted by Gasteiger charge is 2.27. The van der Waals surface area contributed by atoms with E-state index in [1.807, 2.05) is 24.3 Å². The number of hydrogen-bond donors (Lipinski definition) is 3. The van der Waals surface area contributed by atoms with E-state index in [-0.39, 0.29) is 30.8 Å². The van der Waals surface area contributed by atoms with Crippen molar-refractivity contribution in [2.75, 3.05) is 6.54 Å². The third-order valence-electron chi connectivity index (χ3n) is 3.02. The van der Waals surface area contributed by atoms with Gasteiger partial charge < -0.3 is 15.7 Å². The van der Waals surface area contributed by atoms with Gasteiger partial charge in [0.15, 0.2) is 0 Å². The third kappa shape index (κ3) is 3.07. The van der Waals surface area contributed by atoms with Crippen molar-refractivity contribution in [2.45, 2.75) is 19.6 Å². The minimum atomic E-state index is -0.255. The van der Waals surface area contributed by atoms with Crippen molar-refractivity contribution >= 4 is 11.8 Å². The molecule has 1 atom stereocenters. The van der Waals surface area contributed by atoms with Gasteiger partial charge in [-0.2, -0.15) is 0 Å². The average Bonchev–Trinajstić information content (AvgIpc) is 2.83. The van der Waals surface area contributed by atoms with E-state index < -0.39 is 0 Å². The molecule has 3 N–H and O–H groups in total. The van der Waals surface area contributed by atoms with Crippen LogP contribution in [0.25, 0.3) is 0 Å². The van der Waals surface area contributed by atoms with Crippen LogP contribution in [0, 0.1) is 5.92 Å². The second-order valence-corrected chi connectivity index (χ2v) is 4.40. The molecular weight excluding hydrogens is 232 g/mol. The van der Waals surface area contributed by atoms with Gasteiger partial charge in [0.1, 0.15) is 0 Å². The van der Waals surface area contributed by atoms with Crippen LogP contribution in [0.5, 0.6) is 0 Å². The topological polar surface area (TPSA) is 78.4 Å². The van der Waals surface area contributed by atoms with E-state index in [9.17, 15) is 9.59 Å². The molecule has 0 bridgehead atoms. The number of hydrogen-bond acceptors (Lipinski definition) is 3. The highest BCUT2D eigenvalue weighted by molar-refractivity contribution is 5.89. The fourth-order valence-corrected chi connectivity index (χ4v) is 1.89. The van der Waals surface area contributed by atoms with Crippen molar-refractivity contribution in [3.05, 3.63) is 35.4 Å². The molecular formula is C13H16N2O3. The maximum atomic E-state index is 11.7. The molecule has 1 aliphatic heterocycles. The Morgan fingerprint density at radius 1 is 1.33 bits per heavy atom. The fraction of sp³-hybridized carbons (Fsp3) is 0.385. The van der Waals surface area contributed by atoms with Crippen LogP contribution in [-0.4, -0.2) is 23.5 Å². The van der Waals surface area contributed by atoms with Crippen LogP contribution in [0.3, 0.4) is 0 Å². The zero-order valence-electron chi connectivity index (χ0n) is 9.98. The highest BCUT2D eigenvalue weighted by Crippen LogP contribution is 2.09. The van der Waals surface area contributed by atoms with Gasteiger partial charge in [-0.1, -0.05) is 24.3 Å². The molecule has 0 aromatic heterocycles. The lowest BCUT2D eigenvalue weighted by atomic mass is 10.1. The Hall–Kier alpha value is -1.88. The van der Waals surface area contributed by atoms with Crippen LogP contribution >= 0.6 is 0 Å². The number of benzene rings is 1. The number of carbonyl (C=O) groups excluding carboxylic acids is 2. The Labute approximate surface area is 105 Å². The van der Waals surface area contributed by atoms with E-state index >= 15 is 0 Å². The first-order valence-corrected chi connectivity index (χ1v) is 5.92. The summed E-state index contributed by atoms with van der Waals surface area (Å²) in [6.45, 7) is 0.881. The number of aliphatic hydroxyl groups is 1. The van der Waals surface area contributed by atoms with Gasteiger partial charge in [0, 0.05) is 19.5 Å². The van der Waals surface area contributed by atoms with Crippen molar-refractivity contribution in [1.29, 1.82) is 0 Å². The van der Waals surface area contributed by atoms with Crippen molar-refractivity contribution < 1.29 is 14.7 Å². The van der Waals surface area contributed by atoms with Crippen molar-refractivity contribution in [3.63, 3.8) is 0 Å². The average molecular weight is 248 g/mol. The maximum absolute atomic E-state index is 11.7. The second kappa shape index (κ2) is 5.64. The van der Waals surface area contributed by atoms with Crippen LogP contribution in [0.15, 0.2) is 24.3 Å². The van der Waals surface area contributed by atoms with Crippen molar-refractivity contribution in [1.82, 2.24) is 10.6 Å². The first kappa shape index (κ1) is 12.6. The van der Waals surface area contributed by atoms with Crippen LogP contribution < -0.4 is 10.6 Å². The molecule has 0 radical (unpaired) electrons. The Balaban J connectivity index is 1.83. The molecule has 0 saturated carbocycles. The van der Waals surface area contributed by atoms with E-state index in [2.05, 4.69) is 10.6 Å². The van der Waals surface area contributed by atoms with Gasteiger partial charge in [-0.3, -0.25) is 9.59 Å². The molecule has 5 nitrogen and oxygen atoms in total. The summed E-state index contributed by atoms with van der Waals surface area (Å²) >= 11 is 0. The molecule has 1 aromatic rings. The summed E-state index contributed by atoms with van der Waals surface area (Å²) in [5, 5.41) is 14.3. The van der Waals surface area contributed by atoms with E-state index in [1.165, 1.54) is 0 Å². The molecule has 5 heteroatoms. The monoisotopic (exact) mass is 248 g/mol. The van der Waals surface area contributed by atoms with E-state index in [0.29, 0.717) is 13.1 Å². The number of carbonyl (C=O) groups is 2. The Morgan fingerprint density at radius 2 is 2.00 bits per heavy atom. The van der Waals surface area contributed by atoms with Gasteiger partial charge in [0.05, 0.1) is 12.5 Å². The largest absolute Gasteiger partial charge is 0.392 e. The van der Waals surface area contributed by atoms with Gasteiger partial charge in [-0.05, 0) is 11.1 Å². The molecule has 1 fully saturated rings. The summed E-state index contributed by atoms with van der Waals surface area (Å²) in [6.07, 6.45) is 0.273. The first-order valence-electron chi connectivity index (χ1n) is 5.92. The number of rotatable bonds is 4. The molecule has 1 heterocycles. The van der Waals surface area contributed by atoms with Crippen LogP contribution in [-0.2, 0) is 22.7 Å². The smallest absolute Gasteiger partial charge is 0.225 e. The minimum Gasteiger partial charge on any atom is -0.392 e. The number of nitrogens with one attached hydrogen (secondary N) is 2. The standard InChI is InChI=1S/C13H16N2O3/c16-8-10-3-1-9(2-4-10)6-15-13(18)11-5-12(17)14-7-11/h1-4,11,16H,5-8H2,(H,14,17)(H,15,18). The summed E-state index contributed by atoms with van der Waals surface area (Å²) in [5.74, 6) is -0.420. The predicted octanol–water partition coefficient (Wildman–Crippen LogP) is -0.0688. The van der Waals surface area contributed by atoms with Gasteiger partial charge in [-0.25, -0.2) is 0 Å². The molecule has 2 amide bonds. The van der Waals surface area contributed by atoms with Crippen molar-refractivity contribution in [3.8, 4) is 0 Å². The lowest BCUT2D eigenvalue weighted by molar-refractivity contribution is -0.126. The SMILES string of the molecule is O=C1CC(C(=O)NCc2ccc(CO)cc2)CN1. The second-order valence-electron chi connectivity index (χ2n) is 4.40. The van der Waals surface area contributed by atoms with Gasteiger partial charge in [-0.15, -0.1) is 0 Å². The zero-order chi connectivity index (χ0) is 13.0. The summed E-state index contributed by atoms with van der Waals surface area (Å²) in [6, 6.07) is 7.37. The lowest BCUT2D eigenvalue weighted by Gasteiger charge is -2.09. The fourth-order valence-electron chi connectivity index (χ4n) is 1.89. The van der Waals surface area contributed by atoms with Crippen molar-refractivity contribution in [2.24, 2.45) is 5.92 Å². The Bertz CT molecular complexity index is 442. The summed E-state index contributed by atoms with van der Waals surface area (Å²) < 4.78 is 0. The quantitative estimate of drug-likeness (QED) is 0.698. The number of amides is 2. The van der Waals surface area contributed by atoms with Crippen LogP contribution in [0.2, 0.25) is 0 Å². The Morgan fingerprint density at radius 3 is 2.56 bits per heavy atom. The summed E-state index contributed by atoms with van der Waals surface area (Å²) in [7, 11) is 0. The maximum Gasteiger partial charge on any atom is 0.225 e. The van der Waals surface area contributed by atoms with Gasteiger partial charge in [0.25, 0.3) is 0 Å². The van der Waals surface area contributed by atoms with E-state index in [0.717, 1.165) is 11.1 Å². The summed E-state index contributed by atoms with van der Waals surface area (Å²) in [5.41, 5.74) is 1.81. The summed E-state index contributed by atoms with van der Waals surface area (Å²) in [4.78, 5) is 22.7. The van der Waals surface area contributed by atoms with Crippen LogP contribution in [0.1, 0.15) is 17.5 Å². The van der Waals surface area contributed by atoms with E-state index in [4.69, 9.17) is 5.11 Å². The molecule has 0 aliphatic carbocycles. The lowest BCUT2D eigenvalue weighted by Crippen LogP contribution is -2.31. The number of aliphatic hydroxyl groups excluding tert-OH is 1. The highest BCUT2D eigenvalue weighted by atomic mass is 16.3. The Kier molecular flexibility index (Phi) is 3.94. The minimum absolute atomic E-state index is 0.0164. The molecule has 0 spiro atoms. The first-order chi connectivity index (χ1) is 8.69. The zero-order valence-corrected chi connectivity index (χ0v) is 9.98. The molecule has 1 unspecified atom stereocenters. The molecule has 1 aliphatic rings. The third-order valence-corrected chi connectivity index (χ3v) is 3.02. The normalized spacial score (nSPS) is 18.5.